The van der Waals surface area contributed by atoms with Gasteiger partial charge in [-0.15, -0.1) is 0 Å². The van der Waals surface area contributed by atoms with Crippen molar-refractivity contribution in [1.82, 2.24) is 0 Å². The second-order valence-corrected chi connectivity index (χ2v) is 10.8. The number of phenolic OH excluding ortho intramolecular Hbond substituents is 3. The second-order valence-electron chi connectivity index (χ2n) is 10.8. The quantitative estimate of drug-likeness (QED) is 0.0816. The van der Waals surface area contributed by atoms with Crippen molar-refractivity contribution in [1.29, 1.82) is 0 Å². The molecule has 4 N–H and O–H groups in total. The molecule has 4 aromatic rings. The first-order valence-electron chi connectivity index (χ1n) is 15.5. The molecule has 12 nitrogen and oxygen atoms in total. The highest BCUT2D eigenvalue weighted by Crippen LogP contribution is 2.41. The molecule has 0 aromatic heterocycles. The van der Waals surface area contributed by atoms with E-state index in [9.17, 15) is 30.0 Å². The first-order chi connectivity index (χ1) is 24.6. The minimum atomic E-state index is -1.39. The second kappa shape index (κ2) is 18.4. The summed E-state index contributed by atoms with van der Waals surface area (Å²) < 4.78 is 33.3. The Kier molecular flexibility index (Phi) is 13.5. The third-order valence-electron chi connectivity index (χ3n) is 7.28. The molecule has 4 rings (SSSR count). The van der Waals surface area contributed by atoms with Crippen LogP contribution in [0.1, 0.15) is 28.4 Å². The Bertz CT molecular complexity index is 1840. The third kappa shape index (κ3) is 11.1. The molecule has 51 heavy (non-hydrogen) atoms. The van der Waals surface area contributed by atoms with Crippen molar-refractivity contribution in [2.45, 2.75) is 12.2 Å². The van der Waals surface area contributed by atoms with Crippen molar-refractivity contribution in [3.8, 4) is 40.2 Å². The maximum absolute atomic E-state index is 12.7. The average molecular weight is 699 g/mol. The van der Waals surface area contributed by atoms with Crippen LogP contribution in [0.3, 0.4) is 0 Å². The summed E-state index contributed by atoms with van der Waals surface area (Å²) in [5.74, 6) is -0.535. The molecule has 0 aliphatic heterocycles. The lowest BCUT2D eigenvalue weighted by Gasteiger charge is -2.26. The molecule has 12 heteroatoms. The number of aliphatic hydroxyl groups excluding tert-OH is 1. The van der Waals surface area contributed by atoms with E-state index in [1.165, 1.54) is 82.0 Å². The van der Waals surface area contributed by atoms with Crippen LogP contribution >= 0.6 is 0 Å². The van der Waals surface area contributed by atoms with E-state index >= 15 is 0 Å². The van der Waals surface area contributed by atoms with Gasteiger partial charge in [-0.05, 0) is 89.0 Å². The van der Waals surface area contributed by atoms with Gasteiger partial charge in [0.15, 0.2) is 29.1 Å². The summed E-state index contributed by atoms with van der Waals surface area (Å²) in [6.45, 7) is -0.442. The van der Waals surface area contributed by atoms with Crippen LogP contribution in [-0.2, 0) is 19.1 Å². The van der Waals surface area contributed by atoms with E-state index in [2.05, 4.69) is 0 Å². The highest BCUT2D eigenvalue weighted by molar-refractivity contribution is 5.87. The number of rotatable bonds is 16. The van der Waals surface area contributed by atoms with Crippen molar-refractivity contribution in [2.24, 2.45) is 0 Å². The molecule has 0 bridgehead atoms. The molecular weight excluding hydrogens is 660 g/mol. The number of aliphatic hydroxyl groups is 1. The van der Waals surface area contributed by atoms with Gasteiger partial charge in [-0.2, -0.15) is 0 Å². The SMILES string of the molecule is COc1cc([C@H](O)[C@@H](COC(=O)/C=C/c2ccc(O)cc2)Oc2c(OC)cc(/C=C/COC(=O)/C=C/c3ccc(O)cc3)cc2OC)ccc1O. The lowest BCUT2D eigenvalue weighted by Crippen LogP contribution is -2.31. The van der Waals surface area contributed by atoms with Crippen molar-refractivity contribution in [3.63, 3.8) is 0 Å². The lowest BCUT2D eigenvalue weighted by atomic mass is 10.0. The van der Waals surface area contributed by atoms with Gasteiger partial charge in [-0.25, -0.2) is 9.59 Å². The minimum absolute atomic E-state index is 0.0292. The van der Waals surface area contributed by atoms with E-state index in [1.54, 1.807) is 54.6 Å². The maximum atomic E-state index is 12.7. The lowest BCUT2D eigenvalue weighted by molar-refractivity contribution is -0.142. The van der Waals surface area contributed by atoms with E-state index in [-0.39, 0.29) is 46.9 Å². The average Bonchev–Trinajstić information content (AvgIpc) is 3.14. The molecular formula is C39H38O12. The van der Waals surface area contributed by atoms with Crippen molar-refractivity contribution >= 4 is 30.2 Å². The van der Waals surface area contributed by atoms with E-state index in [0.717, 1.165) is 5.56 Å². The molecule has 2 atom stereocenters. The van der Waals surface area contributed by atoms with Crippen LogP contribution in [-0.4, -0.2) is 73.0 Å². The van der Waals surface area contributed by atoms with Crippen LogP contribution < -0.4 is 18.9 Å². The molecule has 4 aromatic carbocycles. The number of benzene rings is 4. The normalized spacial score (nSPS) is 12.5. The van der Waals surface area contributed by atoms with Crippen LogP contribution in [0.5, 0.6) is 40.2 Å². The van der Waals surface area contributed by atoms with Crippen LogP contribution in [0, 0.1) is 0 Å². The number of ether oxygens (including phenoxy) is 6. The molecule has 0 amide bonds. The molecule has 0 saturated carbocycles. The largest absolute Gasteiger partial charge is 0.508 e. The number of aromatic hydroxyl groups is 3. The van der Waals surface area contributed by atoms with E-state index in [0.29, 0.717) is 16.7 Å². The fourth-order valence-electron chi connectivity index (χ4n) is 4.62. The molecule has 0 radical (unpaired) electrons. The highest BCUT2D eigenvalue weighted by atomic mass is 16.6. The summed E-state index contributed by atoms with van der Waals surface area (Å²) in [6, 6.07) is 20.1. The van der Waals surface area contributed by atoms with Crippen molar-refractivity contribution in [3.05, 3.63) is 119 Å². The molecule has 0 spiro atoms. The molecule has 0 saturated heterocycles. The monoisotopic (exact) mass is 698 g/mol. The topological polar surface area (TPSA) is 170 Å². The Morgan fingerprint density at radius 3 is 1.71 bits per heavy atom. The number of hydrogen-bond donors (Lipinski definition) is 4. The van der Waals surface area contributed by atoms with E-state index < -0.39 is 30.8 Å². The fraction of sp³-hybridized carbons (Fsp3) is 0.179. The molecule has 0 aliphatic carbocycles. The van der Waals surface area contributed by atoms with Gasteiger partial charge < -0.3 is 48.8 Å². The zero-order valence-corrected chi connectivity index (χ0v) is 28.1. The van der Waals surface area contributed by atoms with Gasteiger partial charge in [0, 0.05) is 12.2 Å². The highest BCUT2D eigenvalue weighted by Gasteiger charge is 2.28. The summed E-state index contributed by atoms with van der Waals surface area (Å²) in [5, 5.41) is 40.4. The predicted octanol–water partition coefficient (Wildman–Crippen LogP) is 5.84. The first kappa shape index (κ1) is 37.4. The smallest absolute Gasteiger partial charge is 0.331 e. The third-order valence-corrected chi connectivity index (χ3v) is 7.28. The summed E-state index contributed by atoms with van der Waals surface area (Å²) >= 11 is 0. The van der Waals surface area contributed by atoms with Crippen molar-refractivity contribution in [2.75, 3.05) is 34.5 Å². The van der Waals surface area contributed by atoms with Gasteiger partial charge in [0.2, 0.25) is 5.75 Å². The summed E-state index contributed by atoms with van der Waals surface area (Å²) in [4.78, 5) is 24.8. The summed E-state index contributed by atoms with van der Waals surface area (Å²) in [6.07, 6.45) is 6.26. The van der Waals surface area contributed by atoms with Crippen molar-refractivity contribution < 1.29 is 58.4 Å². The minimum Gasteiger partial charge on any atom is -0.508 e. The van der Waals surface area contributed by atoms with Gasteiger partial charge in [0.1, 0.15) is 30.8 Å². The van der Waals surface area contributed by atoms with Crippen LogP contribution in [0.25, 0.3) is 18.2 Å². The van der Waals surface area contributed by atoms with Crippen LogP contribution in [0.4, 0.5) is 0 Å². The summed E-state index contributed by atoms with van der Waals surface area (Å²) in [5.41, 5.74) is 2.28. The molecule has 266 valence electrons. The number of methoxy groups -OCH3 is 3. The zero-order valence-electron chi connectivity index (χ0n) is 28.1. The fourth-order valence-corrected chi connectivity index (χ4v) is 4.62. The Balaban J connectivity index is 1.51. The zero-order chi connectivity index (χ0) is 36.8. The van der Waals surface area contributed by atoms with E-state index in [4.69, 9.17) is 28.4 Å². The molecule has 0 aliphatic rings. The maximum Gasteiger partial charge on any atom is 0.331 e. The predicted molar refractivity (Wildman–Crippen MR) is 189 cm³/mol. The number of carbonyl (C=O) groups excluding carboxylic acids is 2. The number of esters is 2. The number of phenols is 3. The Hall–Kier alpha value is -6.40. The molecule has 0 heterocycles. The Labute approximate surface area is 294 Å². The standard InChI is InChI=1S/C39H38O12/c1-46-32-23-28(12-17-31(32)42)38(45)35(24-50-37(44)19-11-26-8-15-30(41)16-9-26)51-39-33(47-2)21-27(22-34(39)48-3)5-4-20-49-36(43)18-10-25-6-13-29(40)14-7-25/h4-19,21-23,35,38,40-42,45H,20,24H2,1-3H3/b5-4+,18-10+,19-11+/t35-,38+/m1/s1. The Morgan fingerprint density at radius 1 is 0.647 bits per heavy atom. The van der Waals surface area contributed by atoms with Crippen LogP contribution in [0.2, 0.25) is 0 Å². The van der Waals surface area contributed by atoms with Gasteiger partial charge >= 0.3 is 11.9 Å². The molecule has 0 unspecified atom stereocenters. The van der Waals surface area contributed by atoms with Gasteiger partial charge in [-0.1, -0.05) is 36.4 Å². The Morgan fingerprint density at radius 2 is 1.18 bits per heavy atom. The number of hydrogen-bond acceptors (Lipinski definition) is 12. The van der Waals surface area contributed by atoms with E-state index in [1.807, 2.05) is 0 Å². The summed E-state index contributed by atoms with van der Waals surface area (Å²) in [7, 11) is 4.21. The van der Waals surface area contributed by atoms with Gasteiger partial charge in [-0.3, -0.25) is 0 Å². The van der Waals surface area contributed by atoms with Gasteiger partial charge in [0.25, 0.3) is 0 Å². The first-order valence-corrected chi connectivity index (χ1v) is 15.5. The number of carbonyl (C=O) groups is 2. The van der Waals surface area contributed by atoms with Gasteiger partial charge in [0.05, 0.1) is 21.3 Å². The molecule has 0 fully saturated rings. The van der Waals surface area contributed by atoms with Crippen LogP contribution in [0.15, 0.2) is 97.1 Å².